The first kappa shape index (κ1) is 21.9. The Labute approximate surface area is 171 Å². The Balaban J connectivity index is 1.65. The van der Waals surface area contributed by atoms with Gasteiger partial charge in [0.05, 0.1) is 6.04 Å². The lowest BCUT2D eigenvalue weighted by Gasteiger charge is -2.23. The number of carboxylic acid groups (broad SMARTS) is 1. The fourth-order valence-electron chi connectivity index (χ4n) is 3.07. The third kappa shape index (κ3) is 8.08. The number of benzene rings is 1. The van der Waals surface area contributed by atoms with Crippen molar-refractivity contribution in [2.45, 2.75) is 44.6 Å². The number of nitrogens with zero attached hydrogens (tertiary/aromatic N) is 1. The molecule has 1 aliphatic rings. The van der Waals surface area contributed by atoms with Gasteiger partial charge in [-0.15, -0.1) is 0 Å². The fraction of sp³-hybridized carbons (Fsp3) is 0.476. The van der Waals surface area contributed by atoms with E-state index in [0.29, 0.717) is 44.1 Å². The summed E-state index contributed by atoms with van der Waals surface area (Å²) in [6.45, 7) is 1.61. The molecule has 1 aliphatic heterocycles. The molecule has 152 valence electrons. The molecular weight excluding hydrogens is 376 g/mol. The van der Waals surface area contributed by atoms with Crippen LogP contribution in [0.1, 0.15) is 37.7 Å². The van der Waals surface area contributed by atoms with Crippen molar-refractivity contribution in [2.24, 2.45) is 0 Å². The van der Waals surface area contributed by atoms with Crippen LogP contribution >= 0.6 is 12.2 Å². The SMILES string of the molecule is O=C(O)CCC/C=C\CN1C(=O)CC[C@@H]1COC(=S)NCCc1ccccc1. The minimum atomic E-state index is -0.784. The van der Waals surface area contributed by atoms with Crippen molar-refractivity contribution >= 4 is 29.3 Å². The van der Waals surface area contributed by atoms with Crippen LogP contribution in [0.5, 0.6) is 0 Å². The smallest absolute Gasteiger partial charge is 0.303 e. The van der Waals surface area contributed by atoms with Crippen LogP contribution in [-0.2, 0) is 20.7 Å². The van der Waals surface area contributed by atoms with E-state index in [1.807, 2.05) is 30.4 Å². The van der Waals surface area contributed by atoms with Crippen molar-refractivity contribution in [1.82, 2.24) is 10.2 Å². The number of carbonyl (C=O) groups excluding carboxylic acids is 1. The van der Waals surface area contributed by atoms with Crippen LogP contribution in [-0.4, -0.2) is 52.8 Å². The molecule has 1 amide bonds. The van der Waals surface area contributed by atoms with Gasteiger partial charge in [0.2, 0.25) is 5.91 Å². The minimum absolute atomic E-state index is 0.0186. The number of allylic oxidation sites excluding steroid dienone is 1. The van der Waals surface area contributed by atoms with Gasteiger partial charge >= 0.3 is 5.97 Å². The molecule has 1 heterocycles. The molecule has 1 aromatic rings. The summed E-state index contributed by atoms with van der Waals surface area (Å²) in [5, 5.41) is 12.1. The highest BCUT2D eigenvalue weighted by molar-refractivity contribution is 7.80. The van der Waals surface area contributed by atoms with Gasteiger partial charge in [-0.25, -0.2) is 0 Å². The van der Waals surface area contributed by atoms with Gasteiger partial charge in [-0.05, 0) is 43.5 Å². The Morgan fingerprint density at radius 3 is 2.86 bits per heavy atom. The third-order valence-corrected chi connectivity index (χ3v) is 4.88. The van der Waals surface area contributed by atoms with Crippen molar-refractivity contribution < 1.29 is 19.4 Å². The van der Waals surface area contributed by atoms with Gasteiger partial charge < -0.3 is 20.1 Å². The highest BCUT2D eigenvalue weighted by Gasteiger charge is 2.30. The van der Waals surface area contributed by atoms with Crippen LogP contribution in [0.2, 0.25) is 0 Å². The van der Waals surface area contributed by atoms with Crippen LogP contribution in [0.15, 0.2) is 42.5 Å². The number of rotatable bonds is 11. The maximum absolute atomic E-state index is 12.1. The summed E-state index contributed by atoms with van der Waals surface area (Å²) in [6, 6.07) is 10.2. The zero-order chi connectivity index (χ0) is 20.2. The molecule has 1 aromatic carbocycles. The van der Waals surface area contributed by atoms with Crippen molar-refractivity contribution in [3.05, 3.63) is 48.0 Å². The molecule has 0 unspecified atom stereocenters. The quantitative estimate of drug-likeness (QED) is 0.335. The monoisotopic (exact) mass is 404 g/mol. The number of nitrogens with one attached hydrogen (secondary N) is 1. The van der Waals surface area contributed by atoms with Gasteiger partial charge in [-0.2, -0.15) is 0 Å². The average molecular weight is 405 g/mol. The highest BCUT2D eigenvalue weighted by atomic mass is 32.1. The summed E-state index contributed by atoms with van der Waals surface area (Å²) < 4.78 is 5.65. The second-order valence-electron chi connectivity index (χ2n) is 6.76. The Bertz CT molecular complexity index is 678. The van der Waals surface area contributed by atoms with Crippen LogP contribution in [0, 0.1) is 0 Å². The summed E-state index contributed by atoms with van der Waals surface area (Å²) in [4.78, 5) is 24.4. The van der Waals surface area contributed by atoms with E-state index in [9.17, 15) is 9.59 Å². The van der Waals surface area contributed by atoms with E-state index in [-0.39, 0.29) is 18.4 Å². The van der Waals surface area contributed by atoms with Gasteiger partial charge in [0.15, 0.2) is 0 Å². The van der Waals surface area contributed by atoms with Crippen molar-refractivity contribution in [2.75, 3.05) is 19.7 Å². The zero-order valence-electron chi connectivity index (χ0n) is 16.0. The van der Waals surface area contributed by atoms with E-state index in [4.69, 9.17) is 22.1 Å². The normalized spacial score (nSPS) is 16.5. The van der Waals surface area contributed by atoms with Crippen LogP contribution in [0.4, 0.5) is 0 Å². The number of unbranched alkanes of at least 4 members (excludes halogenated alkanes) is 1. The van der Waals surface area contributed by atoms with E-state index in [2.05, 4.69) is 17.4 Å². The molecule has 0 bridgehead atoms. The molecule has 28 heavy (non-hydrogen) atoms. The van der Waals surface area contributed by atoms with E-state index >= 15 is 0 Å². The minimum Gasteiger partial charge on any atom is -0.481 e. The number of carbonyl (C=O) groups is 2. The number of likely N-dealkylation sites (tertiary alicyclic amines) is 1. The topological polar surface area (TPSA) is 78.9 Å². The lowest BCUT2D eigenvalue weighted by molar-refractivity contribution is -0.137. The first-order chi connectivity index (χ1) is 13.6. The van der Waals surface area contributed by atoms with Crippen molar-refractivity contribution in [1.29, 1.82) is 0 Å². The standard InChI is InChI=1S/C21H28N2O4S/c24-19-12-11-18(23(19)15-7-2-1-6-10-20(25)26)16-27-21(28)22-14-13-17-8-4-3-5-9-17/h2-5,7-9,18H,1,6,10-16H2,(H,22,28)(H,25,26)/b7-2-/t18-/m1/s1. The molecule has 6 nitrogen and oxygen atoms in total. The number of aliphatic carboxylic acids is 1. The molecule has 1 saturated heterocycles. The molecule has 7 heteroatoms. The average Bonchev–Trinajstić information content (AvgIpc) is 3.03. The first-order valence-electron chi connectivity index (χ1n) is 9.67. The maximum Gasteiger partial charge on any atom is 0.303 e. The molecule has 2 N–H and O–H groups in total. The maximum atomic E-state index is 12.1. The van der Waals surface area contributed by atoms with Gasteiger partial charge in [-0.1, -0.05) is 42.5 Å². The summed E-state index contributed by atoms with van der Waals surface area (Å²) in [6.07, 6.45) is 7.48. The number of hydrogen-bond acceptors (Lipinski definition) is 4. The molecule has 2 rings (SSSR count). The molecule has 0 spiro atoms. The van der Waals surface area contributed by atoms with Gasteiger partial charge in [-0.3, -0.25) is 9.59 Å². The predicted molar refractivity (Wildman–Crippen MR) is 112 cm³/mol. The predicted octanol–water partition coefficient (Wildman–Crippen LogP) is 2.92. The Kier molecular flexibility index (Phi) is 9.48. The number of hydrogen-bond donors (Lipinski definition) is 2. The summed E-state index contributed by atoms with van der Waals surface area (Å²) in [5.41, 5.74) is 1.24. The number of thiocarbonyl (C=S) groups is 1. The molecule has 0 aromatic heterocycles. The van der Waals surface area contributed by atoms with Crippen molar-refractivity contribution in [3.8, 4) is 0 Å². The molecule has 1 fully saturated rings. The molecule has 1 atom stereocenters. The van der Waals surface area contributed by atoms with Gasteiger partial charge in [0.1, 0.15) is 6.61 Å². The lowest BCUT2D eigenvalue weighted by atomic mass is 10.1. The van der Waals surface area contributed by atoms with Gasteiger partial charge in [0.25, 0.3) is 5.17 Å². The van der Waals surface area contributed by atoms with Crippen molar-refractivity contribution in [3.63, 3.8) is 0 Å². The van der Waals surface area contributed by atoms with E-state index in [1.54, 1.807) is 4.90 Å². The first-order valence-corrected chi connectivity index (χ1v) is 10.1. The highest BCUT2D eigenvalue weighted by Crippen LogP contribution is 2.19. The molecule has 0 saturated carbocycles. The largest absolute Gasteiger partial charge is 0.481 e. The second kappa shape index (κ2) is 12.1. The zero-order valence-corrected chi connectivity index (χ0v) is 16.8. The van der Waals surface area contributed by atoms with E-state index < -0.39 is 5.97 Å². The third-order valence-electron chi connectivity index (χ3n) is 4.62. The Hall–Kier alpha value is -2.41. The Morgan fingerprint density at radius 2 is 2.11 bits per heavy atom. The second-order valence-corrected chi connectivity index (χ2v) is 7.13. The Morgan fingerprint density at radius 1 is 1.32 bits per heavy atom. The van der Waals surface area contributed by atoms with Gasteiger partial charge in [0, 0.05) is 25.9 Å². The number of amides is 1. The van der Waals surface area contributed by atoms with E-state index in [1.165, 1.54) is 5.56 Å². The number of carboxylic acids is 1. The summed E-state index contributed by atoms with van der Waals surface area (Å²) in [5.74, 6) is -0.666. The molecule has 0 radical (unpaired) electrons. The number of ether oxygens (including phenoxy) is 1. The molecule has 0 aliphatic carbocycles. The molecular formula is C21H28N2O4S. The van der Waals surface area contributed by atoms with Crippen LogP contribution in [0.25, 0.3) is 0 Å². The van der Waals surface area contributed by atoms with E-state index in [0.717, 1.165) is 12.8 Å². The summed E-state index contributed by atoms with van der Waals surface area (Å²) >= 11 is 5.23. The van der Waals surface area contributed by atoms with Crippen LogP contribution < -0.4 is 5.32 Å². The lowest BCUT2D eigenvalue weighted by Crippen LogP contribution is -2.38. The fourth-order valence-corrected chi connectivity index (χ4v) is 3.24. The summed E-state index contributed by atoms with van der Waals surface area (Å²) in [7, 11) is 0. The van der Waals surface area contributed by atoms with Crippen LogP contribution in [0.3, 0.4) is 0 Å².